The minimum absolute atomic E-state index is 0.107. The summed E-state index contributed by atoms with van der Waals surface area (Å²) in [5.74, 6) is 0.822. The zero-order valence-electron chi connectivity index (χ0n) is 17.9. The van der Waals surface area contributed by atoms with E-state index >= 15 is 0 Å². The van der Waals surface area contributed by atoms with E-state index in [4.69, 9.17) is 0 Å². The second-order valence-corrected chi connectivity index (χ2v) is 8.66. The van der Waals surface area contributed by atoms with E-state index in [0.717, 1.165) is 43.1 Å². The van der Waals surface area contributed by atoms with Crippen LogP contribution in [-0.2, 0) is 6.54 Å². The van der Waals surface area contributed by atoms with E-state index in [-0.39, 0.29) is 12.1 Å². The highest BCUT2D eigenvalue weighted by Gasteiger charge is 2.20. The van der Waals surface area contributed by atoms with E-state index in [0.29, 0.717) is 12.6 Å². The Morgan fingerprint density at radius 3 is 2.53 bits per heavy atom. The lowest BCUT2D eigenvalue weighted by atomic mass is 10.1. The van der Waals surface area contributed by atoms with Crippen LogP contribution < -0.4 is 26.2 Å². The molecule has 1 aliphatic heterocycles. The number of carbonyl (C=O) groups excluding carboxylic acids is 1. The molecule has 0 saturated carbocycles. The van der Waals surface area contributed by atoms with Crippen LogP contribution in [-0.4, -0.2) is 44.2 Å². The van der Waals surface area contributed by atoms with Crippen LogP contribution in [0.25, 0.3) is 0 Å². The standard InChI is InChI=1S/C22H32N6OS/c1-16(2)25-22(29)27-18-8-6-17(7-9-18)15-24-21(23-3)26-19-10-12-28(13-11-19)20-5-4-14-30-20/h4-9,14,16,19H,10-13,15H2,1-3H3,(H2,23,24,26)(H2,25,27,29). The van der Waals surface area contributed by atoms with E-state index in [1.165, 1.54) is 5.00 Å². The lowest BCUT2D eigenvalue weighted by Gasteiger charge is -2.33. The number of rotatable bonds is 6. The van der Waals surface area contributed by atoms with Crippen LogP contribution >= 0.6 is 11.3 Å². The smallest absolute Gasteiger partial charge is 0.319 e. The summed E-state index contributed by atoms with van der Waals surface area (Å²) in [7, 11) is 1.80. The van der Waals surface area contributed by atoms with Crippen molar-refractivity contribution in [1.82, 2.24) is 16.0 Å². The number of amides is 2. The van der Waals surface area contributed by atoms with Gasteiger partial charge in [-0.3, -0.25) is 4.99 Å². The molecule has 3 rings (SSSR count). The quantitative estimate of drug-likeness (QED) is 0.419. The van der Waals surface area contributed by atoms with Gasteiger partial charge in [-0.2, -0.15) is 0 Å². The van der Waals surface area contributed by atoms with Crippen LogP contribution in [0.15, 0.2) is 46.8 Å². The van der Waals surface area contributed by atoms with Crippen LogP contribution in [0.2, 0.25) is 0 Å². The molecule has 2 aromatic rings. The molecular formula is C22H32N6OS. The lowest BCUT2D eigenvalue weighted by molar-refractivity contribution is 0.250. The van der Waals surface area contributed by atoms with Gasteiger partial charge in [0.1, 0.15) is 0 Å². The molecular weight excluding hydrogens is 396 g/mol. The van der Waals surface area contributed by atoms with Crippen molar-refractivity contribution in [2.75, 3.05) is 30.4 Å². The molecule has 1 fully saturated rings. The van der Waals surface area contributed by atoms with Gasteiger partial charge in [-0.15, -0.1) is 11.3 Å². The van der Waals surface area contributed by atoms with Gasteiger partial charge in [0.25, 0.3) is 0 Å². The lowest BCUT2D eigenvalue weighted by Crippen LogP contribution is -2.48. The van der Waals surface area contributed by atoms with Crippen LogP contribution in [0, 0.1) is 0 Å². The number of urea groups is 1. The van der Waals surface area contributed by atoms with E-state index in [2.05, 4.69) is 48.7 Å². The largest absolute Gasteiger partial charge is 0.363 e. The molecule has 1 saturated heterocycles. The fourth-order valence-electron chi connectivity index (χ4n) is 3.40. The summed E-state index contributed by atoms with van der Waals surface area (Å²) in [5, 5.41) is 16.1. The summed E-state index contributed by atoms with van der Waals surface area (Å²) in [5.41, 5.74) is 1.90. The predicted molar refractivity (Wildman–Crippen MR) is 127 cm³/mol. The third-order valence-electron chi connectivity index (χ3n) is 4.97. The number of thiophene rings is 1. The number of guanidine groups is 1. The second-order valence-electron chi connectivity index (χ2n) is 7.73. The molecule has 1 aromatic carbocycles. The number of nitrogens with one attached hydrogen (secondary N) is 4. The van der Waals surface area contributed by atoms with E-state index in [1.54, 1.807) is 18.4 Å². The molecule has 7 nitrogen and oxygen atoms in total. The summed E-state index contributed by atoms with van der Waals surface area (Å²) in [6.45, 7) is 6.67. The van der Waals surface area contributed by atoms with Gasteiger partial charge >= 0.3 is 6.03 Å². The SMILES string of the molecule is CN=C(NCc1ccc(NC(=O)NC(C)C)cc1)NC1CCN(c2cccs2)CC1. The summed E-state index contributed by atoms with van der Waals surface area (Å²) in [4.78, 5) is 18.6. The number of hydrogen-bond donors (Lipinski definition) is 4. The average molecular weight is 429 g/mol. The first-order valence-corrected chi connectivity index (χ1v) is 11.3. The maximum atomic E-state index is 11.8. The van der Waals surface area contributed by atoms with Crippen molar-refractivity contribution in [1.29, 1.82) is 0 Å². The Hall–Kier alpha value is -2.74. The third kappa shape index (κ3) is 6.66. The van der Waals surface area contributed by atoms with Gasteiger partial charge in [0, 0.05) is 44.5 Å². The van der Waals surface area contributed by atoms with Crippen molar-refractivity contribution >= 4 is 34.0 Å². The minimum Gasteiger partial charge on any atom is -0.363 e. The number of hydrogen-bond acceptors (Lipinski definition) is 4. The second kappa shape index (κ2) is 10.9. The molecule has 2 amide bonds. The van der Waals surface area contributed by atoms with Crippen LogP contribution in [0.5, 0.6) is 0 Å². The minimum atomic E-state index is -0.189. The number of aliphatic imine (C=N–C) groups is 1. The normalized spacial score (nSPS) is 15.2. The molecule has 0 atom stereocenters. The summed E-state index contributed by atoms with van der Waals surface area (Å²) >= 11 is 1.80. The Morgan fingerprint density at radius 1 is 1.20 bits per heavy atom. The first-order valence-electron chi connectivity index (χ1n) is 10.5. The zero-order chi connectivity index (χ0) is 21.3. The van der Waals surface area contributed by atoms with E-state index < -0.39 is 0 Å². The van der Waals surface area contributed by atoms with Gasteiger partial charge in [-0.25, -0.2) is 4.79 Å². The highest BCUT2D eigenvalue weighted by molar-refractivity contribution is 7.14. The Kier molecular flexibility index (Phi) is 7.96. The van der Waals surface area contributed by atoms with Crippen LogP contribution in [0.1, 0.15) is 32.3 Å². The highest BCUT2D eigenvalue weighted by Crippen LogP contribution is 2.24. The molecule has 2 heterocycles. The van der Waals surface area contributed by atoms with Gasteiger partial charge < -0.3 is 26.2 Å². The van der Waals surface area contributed by atoms with Gasteiger partial charge in [0.2, 0.25) is 0 Å². The molecule has 0 aliphatic carbocycles. The van der Waals surface area contributed by atoms with Crippen molar-refractivity contribution in [2.45, 2.75) is 45.3 Å². The van der Waals surface area contributed by atoms with Crippen molar-refractivity contribution < 1.29 is 4.79 Å². The topological polar surface area (TPSA) is 80.8 Å². The molecule has 1 aliphatic rings. The Bertz CT molecular complexity index is 811. The van der Waals surface area contributed by atoms with Gasteiger partial charge in [-0.05, 0) is 61.9 Å². The third-order valence-corrected chi connectivity index (χ3v) is 5.90. The molecule has 0 unspecified atom stereocenters. The Balaban J connectivity index is 1.41. The highest BCUT2D eigenvalue weighted by atomic mass is 32.1. The zero-order valence-corrected chi connectivity index (χ0v) is 18.8. The molecule has 4 N–H and O–H groups in total. The van der Waals surface area contributed by atoms with E-state index in [9.17, 15) is 4.79 Å². The van der Waals surface area contributed by atoms with Crippen molar-refractivity contribution in [2.24, 2.45) is 4.99 Å². The fourth-order valence-corrected chi connectivity index (χ4v) is 4.19. The Morgan fingerprint density at radius 2 is 1.93 bits per heavy atom. The van der Waals surface area contributed by atoms with Gasteiger partial charge in [0.05, 0.1) is 5.00 Å². The number of anilines is 2. The molecule has 30 heavy (non-hydrogen) atoms. The molecule has 0 bridgehead atoms. The molecule has 0 radical (unpaired) electrons. The molecule has 0 spiro atoms. The average Bonchev–Trinajstić information content (AvgIpc) is 3.27. The number of piperidine rings is 1. The number of benzene rings is 1. The first kappa shape index (κ1) is 22.0. The fraction of sp³-hybridized carbons (Fsp3) is 0.455. The predicted octanol–water partition coefficient (Wildman–Crippen LogP) is 3.61. The van der Waals surface area contributed by atoms with E-state index in [1.807, 2.05) is 38.1 Å². The van der Waals surface area contributed by atoms with Crippen molar-refractivity contribution in [3.63, 3.8) is 0 Å². The summed E-state index contributed by atoms with van der Waals surface area (Å²) < 4.78 is 0. The van der Waals surface area contributed by atoms with Crippen LogP contribution in [0.3, 0.4) is 0 Å². The summed E-state index contributed by atoms with van der Waals surface area (Å²) in [6, 6.07) is 12.5. The first-order chi connectivity index (χ1) is 14.5. The monoisotopic (exact) mass is 428 g/mol. The Labute approximate surface area is 183 Å². The maximum Gasteiger partial charge on any atom is 0.319 e. The van der Waals surface area contributed by atoms with Gasteiger partial charge in [-0.1, -0.05) is 12.1 Å². The number of carbonyl (C=O) groups is 1. The molecule has 8 heteroatoms. The molecule has 1 aromatic heterocycles. The number of nitrogens with zero attached hydrogens (tertiary/aromatic N) is 2. The summed E-state index contributed by atoms with van der Waals surface area (Å²) in [6.07, 6.45) is 2.19. The van der Waals surface area contributed by atoms with Crippen molar-refractivity contribution in [3.05, 3.63) is 47.3 Å². The molecule has 162 valence electrons. The van der Waals surface area contributed by atoms with Crippen LogP contribution in [0.4, 0.5) is 15.5 Å². The van der Waals surface area contributed by atoms with Gasteiger partial charge in [0.15, 0.2) is 5.96 Å². The maximum absolute atomic E-state index is 11.8. The van der Waals surface area contributed by atoms with Crippen molar-refractivity contribution in [3.8, 4) is 0 Å².